The molecule has 3 N–H and O–H groups in total. The summed E-state index contributed by atoms with van der Waals surface area (Å²) >= 11 is 0. The van der Waals surface area contributed by atoms with Crippen LogP contribution in [0.15, 0.2) is 29.2 Å². The molecule has 0 amide bonds. The van der Waals surface area contributed by atoms with Crippen molar-refractivity contribution < 1.29 is 8.42 Å². The Bertz CT molecular complexity index is 424. The van der Waals surface area contributed by atoms with Crippen LogP contribution in [-0.4, -0.2) is 21.5 Å². The number of hydrogen-bond acceptors (Lipinski definition) is 3. The van der Waals surface area contributed by atoms with Gasteiger partial charge in [-0.25, -0.2) is 13.1 Å². The predicted molar refractivity (Wildman–Crippen MR) is 64.8 cm³/mol. The molecule has 0 aliphatic rings. The Morgan fingerprint density at radius 2 is 1.81 bits per heavy atom. The van der Waals surface area contributed by atoms with Gasteiger partial charge in [-0.3, -0.25) is 0 Å². The fraction of sp³-hybridized carbons (Fsp3) is 0.455. The lowest BCUT2D eigenvalue weighted by Gasteiger charge is -2.08. The lowest BCUT2D eigenvalue weighted by Crippen LogP contribution is -2.29. The van der Waals surface area contributed by atoms with Crippen molar-refractivity contribution in [2.75, 3.05) is 13.1 Å². The van der Waals surface area contributed by atoms with E-state index < -0.39 is 10.0 Å². The zero-order valence-corrected chi connectivity index (χ0v) is 10.4. The third kappa shape index (κ3) is 3.30. The Balaban J connectivity index is 2.89. The van der Waals surface area contributed by atoms with E-state index >= 15 is 0 Å². The highest BCUT2D eigenvalue weighted by Gasteiger charge is 2.12. The number of benzene rings is 1. The Morgan fingerprint density at radius 3 is 2.25 bits per heavy atom. The third-order valence-electron chi connectivity index (χ3n) is 2.29. The van der Waals surface area contributed by atoms with Crippen molar-refractivity contribution in [1.82, 2.24) is 4.72 Å². The second kappa shape index (κ2) is 5.43. The molecule has 0 spiro atoms. The monoisotopic (exact) mass is 242 g/mol. The van der Waals surface area contributed by atoms with E-state index in [2.05, 4.69) is 18.6 Å². The standard InChI is InChI=1S/C11H18N2O2S/c1-9(2)10-3-5-11(6-4-10)16(14,15)13-8-7-12/h3-6,9,13H,7-8,12H2,1-2H3. The van der Waals surface area contributed by atoms with Crippen LogP contribution in [-0.2, 0) is 10.0 Å². The average molecular weight is 242 g/mol. The van der Waals surface area contributed by atoms with Gasteiger partial charge in [0.15, 0.2) is 0 Å². The van der Waals surface area contributed by atoms with Crippen molar-refractivity contribution in [3.05, 3.63) is 29.8 Å². The van der Waals surface area contributed by atoms with Crippen molar-refractivity contribution in [3.63, 3.8) is 0 Å². The number of rotatable bonds is 5. The molecule has 0 saturated heterocycles. The lowest BCUT2D eigenvalue weighted by molar-refractivity contribution is 0.582. The average Bonchev–Trinajstić information content (AvgIpc) is 2.26. The highest BCUT2D eigenvalue weighted by molar-refractivity contribution is 7.89. The van der Waals surface area contributed by atoms with Gasteiger partial charge in [-0.1, -0.05) is 26.0 Å². The van der Waals surface area contributed by atoms with Gasteiger partial charge in [0.2, 0.25) is 10.0 Å². The van der Waals surface area contributed by atoms with Gasteiger partial charge < -0.3 is 5.73 Å². The summed E-state index contributed by atoms with van der Waals surface area (Å²) in [6, 6.07) is 6.91. The van der Waals surface area contributed by atoms with Gasteiger partial charge in [-0.2, -0.15) is 0 Å². The molecular formula is C11H18N2O2S. The van der Waals surface area contributed by atoms with Gasteiger partial charge in [-0.05, 0) is 23.6 Å². The molecule has 0 unspecified atom stereocenters. The van der Waals surface area contributed by atoms with E-state index in [1.807, 2.05) is 12.1 Å². The molecule has 0 aromatic heterocycles. The number of nitrogens with two attached hydrogens (primary N) is 1. The molecule has 5 heteroatoms. The first kappa shape index (κ1) is 13.2. The molecule has 0 aliphatic heterocycles. The molecule has 0 radical (unpaired) electrons. The second-order valence-corrected chi connectivity index (χ2v) is 5.68. The maximum atomic E-state index is 11.7. The topological polar surface area (TPSA) is 72.2 Å². The van der Waals surface area contributed by atoms with Crippen LogP contribution < -0.4 is 10.5 Å². The largest absolute Gasteiger partial charge is 0.329 e. The molecule has 0 fully saturated rings. The summed E-state index contributed by atoms with van der Waals surface area (Å²) in [6.45, 7) is 4.68. The van der Waals surface area contributed by atoms with Crippen LogP contribution in [0.1, 0.15) is 25.3 Å². The van der Waals surface area contributed by atoms with Crippen LogP contribution in [0.2, 0.25) is 0 Å². The molecule has 0 aliphatic carbocycles. The van der Waals surface area contributed by atoms with Gasteiger partial charge in [0.1, 0.15) is 0 Å². The second-order valence-electron chi connectivity index (χ2n) is 3.91. The molecule has 1 rings (SSSR count). The highest BCUT2D eigenvalue weighted by Crippen LogP contribution is 2.16. The summed E-state index contributed by atoms with van der Waals surface area (Å²) in [5, 5.41) is 0. The smallest absolute Gasteiger partial charge is 0.240 e. The van der Waals surface area contributed by atoms with Crippen LogP contribution in [0.3, 0.4) is 0 Å². The first-order chi connectivity index (χ1) is 7.47. The van der Waals surface area contributed by atoms with Crippen molar-refractivity contribution in [2.45, 2.75) is 24.7 Å². The zero-order valence-electron chi connectivity index (χ0n) is 9.60. The van der Waals surface area contributed by atoms with Crippen LogP contribution >= 0.6 is 0 Å². The molecule has 1 aromatic carbocycles. The molecule has 0 bridgehead atoms. The first-order valence-electron chi connectivity index (χ1n) is 5.27. The van der Waals surface area contributed by atoms with E-state index in [1.165, 1.54) is 0 Å². The van der Waals surface area contributed by atoms with Crippen molar-refractivity contribution in [2.24, 2.45) is 5.73 Å². The highest BCUT2D eigenvalue weighted by atomic mass is 32.2. The molecule has 1 aromatic rings. The fourth-order valence-corrected chi connectivity index (χ4v) is 2.36. The Morgan fingerprint density at radius 1 is 1.25 bits per heavy atom. The quantitative estimate of drug-likeness (QED) is 0.810. The van der Waals surface area contributed by atoms with Crippen LogP contribution in [0.25, 0.3) is 0 Å². The normalized spacial score (nSPS) is 12.0. The summed E-state index contributed by atoms with van der Waals surface area (Å²) in [4.78, 5) is 0.283. The van der Waals surface area contributed by atoms with Crippen molar-refractivity contribution in [1.29, 1.82) is 0 Å². The molecule has 90 valence electrons. The molecule has 0 saturated carbocycles. The number of nitrogens with one attached hydrogen (secondary N) is 1. The summed E-state index contributed by atoms with van der Waals surface area (Å²) in [7, 11) is -3.39. The van der Waals surface area contributed by atoms with E-state index in [9.17, 15) is 8.42 Å². The molecule has 0 heterocycles. The van der Waals surface area contributed by atoms with Gasteiger partial charge in [-0.15, -0.1) is 0 Å². The molecule has 4 nitrogen and oxygen atoms in total. The number of hydrogen-bond donors (Lipinski definition) is 2. The van der Waals surface area contributed by atoms with Crippen molar-refractivity contribution in [3.8, 4) is 0 Å². The third-order valence-corrected chi connectivity index (χ3v) is 3.77. The molecular weight excluding hydrogens is 224 g/mol. The van der Waals surface area contributed by atoms with Gasteiger partial charge in [0, 0.05) is 13.1 Å². The van der Waals surface area contributed by atoms with Gasteiger partial charge in [0.25, 0.3) is 0 Å². The summed E-state index contributed by atoms with van der Waals surface area (Å²) in [5.41, 5.74) is 6.37. The molecule has 16 heavy (non-hydrogen) atoms. The lowest BCUT2D eigenvalue weighted by atomic mass is 10.0. The fourth-order valence-electron chi connectivity index (χ4n) is 1.31. The SMILES string of the molecule is CC(C)c1ccc(S(=O)(=O)NCCN)cc1. The van der Waals surface area contributed by atoms with E-state index in [1.54, 1.807) is 12.1 Å². The minimum absolute atomic E-state index is 0.258. The minimum atomic E-state index is -3.39. The van der Waals surface area contributed by atoms with Crippen LogP contribution in [0, 0.1) is 0 Å². The van der Waals surface area contributed by atoms with E-state index in [4.69, 9.17) is 5.73 Å². The van der Waals surface area contributed by atoms with Crippen LogP contribution in [0.5, 0.6) is 0 Å². The van der Waals surface area contributed by atoms with Gasteiger partial charge >= 0.3 is 0 Å². The Labute approximate surface area is 96.9 Å². The summed E-state index contributed by atoms with van der Waals surface area (Å²) in [5.74, 6) is 0.397. The minimum Gasteiger partial charge on any atom is -0.329 e. The predicted octanol–water partition coefficient (Wildman–Crippen LogP) is 1.05. The molecule has 0 atom stereocenters. The Hall–Kier alpha value is -0.910. The van der Waals surface area contributed by atoms with Crippen LogP contribution in [0.4, 0.5) is 0 Å². The maximum Gasteiger partial charge on any atom is 0.240 e. The van der Waals surface area contributed by atoms with E-state index in [-0.39, 0.29) is 11.4 Å². The summed E-state index contributed by atoms with van der Waals surface area (Å²) < 4.78 is 25.8. The van der Waals surface area contributed by atoms with Crippen molar-refractivity contribution >= 4 is 10.0 Å². The van der Waals surface area contributed by atoms with E-state index in [0.29, 0.717) is 12.5 Å². The first-order valence-corrected chi connectivity index (χ1v) is 6.75. The Kier molecular flexibility index (Phi) is 4.46. The van der Waals surface area contributed by atoms with E-state index in [0.717, 1.165) is 5.56 Å². The maximum absolute atomic E-state index is 11.7. The zero-order chi connectivity index (χ0) is 12.2. The number of sulfonamides is 1. The van der Waals surface area contributed by atoms with Gasteiger partial charge in [0.05, 0.1) is 4.90 Å². The summed E-state index contributed by atoms with van der Waals surface area (Å²) in [6.07, 6.45) is 0.